The highest BCUT2D eigenvalue weighted by molar-refractivity contribution is 6.13. The smallest absolute Gasteiger partial charge is 0.256 e. The first-order chi connectivity index (χ1) is 14.2. The number of nitrogens with zero attached hydrogens (tertiary/aromatic N) is 4. The topological polar surface area (TPSA) is 85.8 Å². The van der Waals surface area contributed by atoms with Crippen molar-refractivity contribution in [3.05, 3.63) is 47.1 Å². The van der Waals surface area contributed by atoms with Gasteiger partial charge in [-0.3, -0.25) is 4.79 Å². The van der Waals surface area contributed by atoms with Crippen molar-refractivity contribution in [2.75, 3.05) is 5.32 Å². The molecule has 0 bridgehead atoms. The fourth-order valence-electron chi connectivity index (χ4n) is 3.86. The zero-order chi connectivity index (χ0) is 21.2. The summed E-state index contributed by atoms with van der Waals surface area (Å²) >= 11 is 0. The van der Waals surface area contributed by atoms with Gasteiger partial charge in [-0.05, 0) is 64.8 Å². The molecule has 154 valence electrons. The minimum Gasteiger partial charge on any atom is -0.441 e. The van der Waals surface area contributed by atoms with Gasteiger partial charge in [0.2, 0.25) is 0 Å². The van der Waals surface area contributed by atoms with Gasteiger partial charge in [0.15, 0.2) is 17.1 Å². The number of amides is 1. The molecule has 7 nitrogen and oxygen atoms in total. The second kappa shape index (κ2) is 6.39. The van der Waals surface area contributed by atoms with Crippen LogP contribution in [0.25, 0.3) is 22.1 Å². The van der Waals surface area contributed by atoms with Crippen molar-refractivity contribution in [1.82, 2.24) is 19.7 Å². The van der Waals surface area contributed by atoms with Crippen LogP contribution < -0.4 is 5.32 Å². The Bertz CT molecular complexity index is 1300. The number of carbonyl (C=O) groups is 1. The molecule has 7 heteroatoms. The van der Waals surface area contributed by atoms with Crippen LogP contribution in [-0.2, 0) is 5.54 Å². The van der Waals surface area contributed by atoms with Crippen molar-refractivity contribution in [1.29, 1.82) is 0 Å². The van der Waals surface area contributed by atoms with Crippen LogP contribution in [0.15, 0.2) is 28.7 Å². The highest BCUT2D eigenvalue weighted by Gasteiger charge is 2.30. The number of carbonyl (C=O) groups excluding carboxylic acids is 1. The number of oxazole rings is 1. The molecule has 0 atom stereocenters. The maximum Gasteiger partial charge on any atom is 0.256 e. The van der Waals surface area contributed by atoms with Gasteiger partial charge >= 0.3 is 0 Å². The molecular formula is C23H25N5O2. The van der Waals surface area contributed by atoms with E-state index >= 15 is 0 Å². The second-order valence-electron chi connectivity index (χ2n) is 9.11. The van der Waals surface area contributed by atoms with E-state index in [1.165, 1.54) is 0 Å². The number of hydrogen-bond donors (Lipinski definition) is 1. The van der Waals surface area contributed by atoms with Crippen molar-refractivity contribution < 1.29 is 9.21 Å². The van der Waals surface area contributed by atoms with E-state index < -0.39 is 0 Å². The van der Waals surface area contributed by atoms with E-state index in [1.807, 2.05) is 35.9 Å². The van der Waals surface area contributed by atoms with Gasteiger partial charge in [0.1, 0.15) is 5.52 Å². The first-order valence-corrected chi connectivity index (χ1v) is 10.3. The van der Waals surface area contributed by atoms with Crippen molar-refractivity contribution in [2.45, 2.75) is 58.9 Å². The number of benzene rings is 1. The summed E-state index contributed by atoms with van der Waals surface area (Å²) in [7, 11) is 0. The fraction of sp³-hybridized carbons (Fsp3) is 0.391. The van der Waals surface area contributed by atoms with E-state index in [-0.39, 0.29) is 11.4 Å². The molecule has 0 saturated heterocycles. The molecule has 1 aliphatic rings. The van der Waals surface area contributed by atoms with Crippen LogP contribution in [0.3, 0.4) is 0 Å². The van der Waals surface area contributed by atoms with Crippen LogP contribution in [0, 0.1) is 13.8 Å². The summed E-state index contributed by atoms with van der Waals surface area (Å²) in [5.74, 6) is 0.864. The molecular weight excluding hydrogens is 378 g/mol. The Hall–Kier alpha value is -3.22. The van der Waals surface area contributed by atoms with E-state index in [0.29, 0.717) is 28.6 Å². The van der Waals surface area contributed by atoms with E-state index in [4.69, 9.17) is 14.5 Å². The second-order valence-corrected chi connectivity index (χ2v) is 9.11. The lowest BCUT2D eigenvalue weighted by molar-refractivity contribution is 0.102. The van der Waals surface area contributed by atoms with Gasteiger partial charge in [0.25, 0.3) is 5.91 Å². The monoisotopic (exact) mass is 403 g/mol. The van der Waals surface area contributed by atoms with Crippen molar-refractivity contribution in [3.8, 4) is 0 Å². The molecule has 0 spiro atoms. The Kier molecular flexibility index (Phi) is 4.00. The molecule has 1 aromatic carbocycles. The number of nitrogens with one attached hydrogen (secondary N) is 1. The summed E-state index contributed by atoms with van der Waals surface area (Å²) in [5, 5.41) is 8.57. The van der Waals surface area contributed by atoms with Gasteiger partial charge < -0.3 is 9.73 Å². The third kappa shape index (κ3) is 3.14. The average molecular weight is 403 g/mol. The van der Waals surface area contributed by atoms with Gasteiger partial charge in [-0.1, -0.05) is 0 Å². The van der Waals surface area contributed by atoms with Crippen LogP contribution in [-0.4, -0.2) is 25.7 Å². The Labute approximate surface area is 174 Å². The number of aromatic nitrogens is 4. The molecule has 30 heavy (non-hydrogen) atoms. The molecule has 0 aliphatic heterocycles. The zero-order valence-corrected chi connectivity index (χ0v) is 17.9. The Morgan fingerprint density at radius 2 is 1.93 bits per heavy atom. The summed E-state index contributed by atoms with van der Waals surface area (Å²) in [6.45, 7) is 10.0. The number of aryl methyl sites for hydroxylation is 2. The van der Waals surface area contributed by atoms with Crippen molar-refractivity contribution >= 4 is 33.7 Å². The van der Waals surface area contributed by atoms with Gasteiger partial charge in [-0.25, -0.2) is 14.6 Å². The minimum atomic E-state index is -0.231. The van der Waals surface area contributed by atoms with Crippen LogP contribution in [0.4, 0.5) is 5.69 Å². The van der Waals surface area contributed by atoms with Crippen LogP contribution in [0.2, 0.25) is 0 Å². The molecule has 4 aromatic rings. The first kappa shape index (κ1) is 18.8. The van der Waals surface area contributed by atoms with E-state index in [2.05, 4.69) is 31.1 Å². The van der Waals surface area contributed by atoms with Crippen LogP contribution >= 0.6 is 0 Å². The summed E-state index contributed by atoms with van der Waals surface area (Å²) in [6.07, 6.45) is 2.23. The molecule has 3 aromatic heterocycles. The van der Waals surface area contributed by atoms with E-state index in [0.717, 1.165) is 40.8 Å². The quantitative estimate of drug-likeness (QED) is 0.516. The predicted molar refractivity (Wildman–Crippen MR) is 116 cm³/mol. The minimum absolute atomic E-state index is 0.166. The summed E-state index contributed by atoms with van der Waals surface area (Å²) < 4.78 is 7.46. The number of hydrogen-bond acceptors (Lipinski definition) is 5. The number of pyridine rings is 1. The lowest BCUT2D eigenvalue weighted by Gasteiger charge is -2.20. The van der Waals surface area contributed by atoms with Gasteiger partial charge in [-0.2, -0.15) is 5.10 Å². The SMILES string of the molecule is Cc1nc2cc(NC(=O)c3cc(C4CC4)nc4c3c(C)nn4C(C)(C)C)ccc2o1. The molecule has 1 amide bonds. The number of fused-ring (bicyclic) bond motifs is 2. The summed E-state index contributed by atoms with van der Waals surface area (Å²) in [5.41, 5.74) is 5.05. The van der Waals surface area contributed by atoms with Gasteiger partial charge in [0, 0.05) is 24.2 Å². The molecule has 3 heterocycles. The normalized spacial score (nSPS) is 14.6. The number of anilines is 1. The molecule has 1 aliphatic carbocycles. The Morgan fingerprint density at radius 3 is 2.63 bits per heavy atom. The molecule has 1 N–H and O–H groups in total. The van der Waals surface area contributed by atoms with Crippen LogP contribution in [0.5, 0.6) is 0 Å². The zero-order valence-electron chi connectivity index (χ0n) is 17.9. The standard InChI is InChI=1S/C23H25N5O2/c1-12-20-16(22(29)25-15-8-9-19-18(10-15)24-13(2)30-19)11-17(14-6-7-14)26-21(20)28(27-12)23(3,4)5/h8-11,14H,6-7H2,1-5H3,(H,25,29). The lowest BCUT2D eigenvalue weighted by Crippen LogP contribution is -2.23. The van der Waals surface area contributed by atoms with Gasteiger partial charge in [-0.15, -0.1) is 0 Å². The molecule has 0 unspecified atom stereocenters. The highest BCUT2D eigenvalue weighted by Crippen LogP contribution is 2.41. The molecule has 5 rings (SSSR count). The maximum absolute atomic E-state index is 13.4. The molecule has 1 saturated carbocycles. The summed E-state index contributed by atoms with van der Waals surface area (Å²) in [4.78, 5) is 22.6. The predicted octanol–water partition coefficient (Wildman–Crippen LogP) is 5.07. The fourth-order valence-corrected chi connectivity index (χ4v) is 3.86. The van der Waals surface area contributed by atoms with Crippen LogP contribution in [0.1, 0.15) is 67.2 Å². The third-order valence-corrected chi connectivity index (χ3v) is 5.46. The third-order valence-electron chi connectivity index (χ3n) is 5.46. The van der Waals surface area contributed by atoms with E-state index in [9.17, 15) is 4.79 Å². The maximum atomic E-state index is 13.4. The van der Waals surface area contributed by atoms with Crippen molar-refractivity contribution in [2.24, 2.45) is 0 Å². The average Bonchev–Trinajstić information content (AvgIpc) is 3.37. The largest absolute Gasteiger partial charge is 0.441 e. The Morgan fingerprint density at radius 1 is 1.17 bits per heavy atom. The lowest BCUT2D eigenvalue weighted by atomic mass is 10.1. The number of rotatable bonds is 3. The summed E-state index contributed by atoms with van der Waals surface area (Å²) in [6, 6.07) is 7.42. The molecule has 0 radical (unpaired) electrons. The van der Waals surface area contributed by atoms with Gasteiger partial charge in [0.05, 0.1) is 22.2 Å². The Balaban J connectivity index is 1.61. The molecule has 1 fully saturated rings. The highest BCUT2D eigenvalue weighted by atomic mass is 16.3. The van der Waals surface area contributed by atoms with Crippen molar-refractivity contribution in [3.63, 3.8) is 0 Å². The first-order valence-electron chi connectivity index (χ1n) is 10.3. The van der Waals surface area contributed by atoms with E-state index in [1.54, 1.807) is 6.92 Å².